The minimum absolute atomic E-state index is 0.125. The number of benzene rings is 1. The second-order valence-corrected chi connectivity index (χ2v) is 3.81. The number of aromatic carboxylic acids is 1. The number of rotatable bonds is 3. The van der Waals surface area contributed by atoms with Crippen LogP contribution >= 0.6 is 0 Å². The van der Waals surface area contributed by atoms with E-state index in [-0.39, 0.29) is 17.7 Å². The summed E-state index contributed by atoms with van der Waals surface area (Å²) in [4.78, 5) is 11.2. The zero-order valence-corrected chi connectivity index (χ0v) is 9.52. The van der Waals surface area contributed by atoms with Crippen molar-refractivity contribution in [1.82, 2.24) is 4.57 Å². The van der Waals surface area contributed by atoms with Gasteiger partial charge in [-0.25, -0.2) is 13.6 Å². The molecular formula is C12H11F2NO3. The van der Waals surface area contributed by atoms with Gasteiger partial charge in [-0.3, -0.25) is 0 Å². The summed E-state index contributed by atoms with van der Waals surface area (Å²) in [6.45, 7) is 1.89. The van der Waals surface area contributed by atoms with Gasteiger partial charge in [-0.1, -0.05) is 0 Å². The molecule has 2 rings (SSSR count). The normalized spacial score (nSPS) is 11.3. The summed E-state index contributed by atoms with van der Waals surface area (Å²) in [7, 11) is 0. The van der Waals surface area contributed by atoms with E-state index in [2.05, 4.69) is 0 Å². The molecule has 18 heavy (non-hydrogen) atoms. The smallest absolute Gasteiger partial charge is 0.338 e. The highest BCUT2D eigenvalue weighted by atomic mass is 19.3. The van der Waals surface area contributed by atoms with Crippen LogP contribution in [0.25, 0.3) is 10.9 Å². The molecule has 2 aromatic rings. The van der Waals surface area contributed by atoms with Crippen molar-refractivity contribution < 1.29 is 23.8 Å². The largest absolute Gasteiger partial charge is 0.508 e. The Labute approximate surface area is 101 Å². The van der Waals surface area contributed by atoms with Crippen molar-refractivity contribution >= 4 is 16.9 Å². The van der Waals surface area contributed by atoms with Crippen LogP contribution in [0.3, 0.4) is 0 Å². The number of carboxylic acid groups (broad SMARTS) is 1. The van der Waals surface area contributed by atoms with Crippen LogP contribution in [0.1, 0.15) is 29.4 Å². The molecule has 0 saturated carbocycles. The van der Waals surface area contributed by atoms with E-state index in [1.165, 1.54) is 22.8 Å². The first kappa shape index (κ1) is 12.3. The van der Waals surface area contributed by atoms with Crippen molar-refractivity contribution in [2.75, 3.05) is 0 Å². The van der Waals surface area contributed by atoms with Crippen LogP contribution in [0.4, 0.5) is 8.78 Å². The molecule has 0 atom stereocenters. The number of carbonyl (C=O) groups is 1. The van der Waals surface area contributed by atoms with Gasteiger partial charge in [0.25, 0.3) is 6.43 Å². The molecule has 0 unspecified atom stereocenters. The number of alkyl halides is 2. The molecule has 1 aromatic heterocycles. The highest BCUT2D eigenvalue weighted by Crippen LogP contribution is 2.34. The third kappa shape index (κ3) is 1.70. The first-order chi connectivity index (χ1) is 8.47. The van der Waals surface area contributed by atoms with Crippen molar-refractivity contribution in [2.24, 2.45) is 0 Å². The molecule has 0 aliphatic rings. The van der Waals surface area contributed by atoms with Gasteiger partial charge in [0, 0.05) is 17.4 Å². The van der Waals surface area contributed by atoms with Gasteiger partial charge in [0.15, 0.2) is 0 Å². The summed E-state index contributed by atoms with van der Waals surface area (Å²) in [6.07, 6.45) is -2.88. The van der Waals surface area contributed by atoms with Gasteiger partial charge in [-0.15, -0.1) is 0 Å². The first-order valence-electron chi connectivity index (χ1n) is 5.34. The molecule has 6 heteroatoms. The van der Waals surface area contributed by atoms with Gasteiger partial charge in [0.2, 0.25) is 0 Å². The Morgan fingerprint density at radius 2 is 2.11 bits per heavy atom. The Morgan fingerprint density at radius 3 is 2.61 bits per heavy atom. The van der Waals surface area contributed by atoms with Crippen molar-refractivity contribution in [3.63, 3.8) is 0 Å². The van der Waals surface area contributed by atoms with Crippen LogP contribution in [0.5, 0.6) is 5.75 Å². The average molecular weight is 255 g/mol. The second-order valence-electron chi connectivity index (χ2n) is 3.81. The summed E-state index contributed by atoms with van der Waals surface area (Å²) in [5, 5.41) is 18.6. The number of aromatic nitrogens is 1. The topological polar surface area (TPSA) is 62.5 Å². The van der Waals surface area contributed by atoms with Crippen molar-refractivity contribution in [2.45, 2.75) is 19.9 Å². The number of hydrogen-bond donors (Lipinski definition) is 2. The standard InChI is InChI=1S/C12H11F2NO3/c1-2-15-8-4-3-6(16)5-7(8)9(12(17)18)10(15)11(13)14/h3-5,11,16H,2H2,1H3,(H,17,18). The molecule has 0 aliphatic heterocycles. The molecule has 4 nitrogen and oxygen atoms in total. The molecule has 0 radical (unpaired) electrons. The SMILES string of the molecule is CCn1c(C(F)F)c(C(=O)O)c2cc(O)ccc21. The fourth-order valence-electron chi connectivity index (χ4n) is 2.15. The summed E-state index contributed by atoms with van der Waals surface area (Å²) in [5.74, 6) is -1.58. The molecule has 2 N–H and O–H groups in total. The number of phenolic OH excluding ortho intramolecular Hbond substituents is 1. The third-order valence-electron chi connectivity index (χ3n) is 2.82. The summed E-state index contributed by atoms with van der Waals surface area (Å²) >= 11 is 0. The van der Waals surface area contributed by atoms with E-state index in [9.17, 15) is 18.7 Å². The van der Waals surface area contributed by atoms with Gasteiger partial charge >= 0.3 is 5.97 Å². The first-order valence-corrected chi connectivity index (χ1v) is 5.34. The van der Waals surface area contributed by atoms with Gasteiger partial charge < -0.3 is 14.8 Å². The molecule has 0 saturated heterocycles. The molecule has 0 fully saturated rings. The highest BCUT2D eigenvalue weighted by Gasteiger charge is 2.27. The molecule has 0 aliphatic carbocycles. The Morgan fingerprint density at radius 1 is 1.44 bits per heavy atom. The van der Waals surface area contributed by atoms with Crippen LogP contribution in [0, 0.1) is 0 Å². The summed E-state index contributed by atoms with van der Waals surface area (Å²) in [5.41, 5.74) is -0.591. The van der Waals surface area contributed by atoms with E-state index in [0.29, 0.717) is 5.52 Å². The Hall–Kier alpha value is -2.11. The number of nitrogens with zero attached hydrogens (tertiary/aromatic N) is 1. The predicted molar refractivity (Wildman–Crippen MR) is 61.2 cm³/mol. The number of halogens is 2. The fraction of sp³-hybridized carbons (Fsp3) is 0.250. The highest BCUT2D eigenvalue weighted by molar-refractivity contribution is 6.05. The van der Waals surface area contributed by atoms with Crippen LogP contribution < -0.4 is 0 Å². The van der Waals surface area contributed by atoms with Crippen LogP contribution in [0.2, 0.25) is 0 Å². The monoisotopic (exact) mass is 255 g/mol. The molecule has 96 valence electrons. The Bertz CT molecular complexity index is 619. The second kappa shape index (κ2) is 4.29. The quantitative estimate of drug-likeness (QED) is 0.886. The maximum absolute atomic E-state index is 13.0. The minimum atomic E-state index is -2.88. The Balaban J connectivity index is 2.94. The number of fused-ring (bicyclic) bond motifs is 1. The third-order valence-corrected chi connectivity index (χ3v) is 2.82. The molecule has 0 bridgehead atoms. The number of phenols is 1. The van der Waals surface area contributed by atoms with Crippen LogP contribution in [-0.2, 0) is 6.54 Å². The van der Waals surface area contributed by atoms with E-state index >= 15 is 0 Å². The van der Waals surface area contributed by atoms with E-state index < -0.39 is 23.7 Å². The lowest BCUT2D eigenvalue weighted by Gasteiger charge is -2.07. The van der Waals surface area contributed by atoms with Crippen molar-refractivity contribution in [3.05, 3.63) is 29.5 Å². The molecule has 0 amide bonds. The molecule has 1 heterocycles. The van der Waals surface area contributed by atoms with E-state index in [1.54, 1.807) is 6.92 Å². The van der Waals surface area contributed by atoms with E-state index in [4.69, 9.17) is 5.11 Å². The molecule has 1 aromatic carbocycles. The van der Waals surface area contributed by atoms with Crippen LogP contribution in [-0.4, -0.2) is 20.7 Å². The number of carboxylic acids is 1. The maximum atomic E-state index is 13.0. The minimum Gasteiger partial charge on any atom is -0.508 e. The lowest BCUT2D eigenvalue weighted by molar-refractivity contribution is 0.0684. The predicted octanol–water partition coefficient (Wildman–Crippen LogP) is 3.00. The number of hydrogen-bond acceptors (Lipinski definition) is 2. The molecule has 0 spiro atoms. The fourth-order valence-corrected chi connectivity index (χ4v) is 2.15. The van der Waals surface area contributed by atoms with Gasteiger partial charge in [0.1, 0.15) is 11.4 Å². The zero-order chi connectivity index (χ0) is 13.4. The Kier molecular flexibility index (Phi) is 2.94. The lowest BCUT2D eigenvalue weighted by Crippen LogP contribution is -2.06. The van der Waals surface area contributed by atoms with Crippen molar-refractivity contribution in [3.8, 4) is 5.75 Å². The summed E-state index contributed by atoms with van der Waals surface area (Å²) < 4.78 is 27.3. The van der Waals surface area contributed by atoms with Crippen LogP contribution in [0.15, 0.2) is 18.2 Å². The zero-order valence-electron chi connectivity index (χ0n) is 9.52. The lowest BCUT2D eigenvalue weighted by atomic mass is 10.1. The van der Waals surface area contributed by atoms with Gasteiger partial charge in [-0.05, 0) is 25.1 Å². The maximum Gasteiger partial charge on any atom is 0.338 e. The molecular weight excluding hydrogens is 244 g/mol. The van der Waals surface area contributed by atoms with Gasteiger partial charge in [-0.2, -0.15) is 0 Å². The summed E-state index contributed by atoms with van der Waals surface area (Å²) in [6, 6.07) is 3.97. The van der Waals surface area contributed by atoms with E-state index in [0.717, 1.165) is 0 Å². The van der Waals surface area contributed by atoms with Gasteiger partial charge in [0.05, 0.1) is 5.56 Å². The number of aromatic hydroxyl groups is 1. The number of aryl methyl sites for hydroxylation is 1. The average Bonchev–Trinajstić information content (AvgIpc) is 2.62. The van der Waals surface area contributed by atoms with Crippen molar-refractivity contribution in [1.29, 1.82) is 0 Å². The van der Waals surface area contributed by atoms with E-state index in [1.807, 2.05) is 0 Å².